The van der Waals surface area contributed by atoms with Crippen molar-refractivity contribution in [1.29, 1.82) is 0 Å². The molecule has 2 aromatic carbocycles. The number of amides is 1. The van der Waals surface area contributed by atoms with E-state index in [1.54, 1.807) is 14.1 Å². The molecule has 0 unspecified atom stereocenters. The first-order valence-corrected chi connectivity index (χ1v) is 7.04. The number of anilines is 2. The number of carbonyl (C=O) groups is 1. The Hall–Kier alpha value is -3.10. The first-order chi connectivity index (χ1) is 11.6. The molecule has 1 N–H and O–H groups in total. The Morgan fingerprint density at radius 2 is 1.84 bits per heavy atom. The Morgan fingerprint density at radius 1 is 1.16 bits per heavy atom. The van der Waals surface area contributed by atoms with Crippen LogP contribution in [-0.2, 0) is 6.18 Å². The number of benzene rings is 2. The molecular weight excluding hydrogens is 339 g/mol. The molecule has 1 amide bonds. The van der Waals surface area contributed by atoms with E-state index >= 15 is 0 Å². The van der Waals surface area contributed by atoms with Crippen LogP contribution in [0.3, 0.4) is 0 Å². The Morgan fingerprint density at radius 3 is 2.40 bits per heavy atom. The standard InChI is InChI=1S/C16H14F3N3O3/c1-21(2)13-7-6-10(8-14(13)22(24)25)15(23)20-12-5-3-4-11(9-12)16(17,18)19/h3-9H,1-2H3,(H,20,23). The molecule has 0 saturated heterocycles. The van der Waals surface area contributed by atoms with Crippen LogP contribution in [0.15, 0.2) is 42.5 Å². The van der Waals surface area contributed by atoms with Crippen LogP contribution < -0.4 is 10.2 Å². The smallest absolute Gasteiger partial charge is 0.372 e. The zero-order valence-electron chi connectivity index (χ0n) is 13.3. The second-order valence-electron chi connectivity index (χ2n) is 5.39. The molecule has 0 heterocycles. The van der Waals surface area contributed by atoms with E-state index in [9.17, 15) is 28.1 Å². The van der Waals surface area contributed by atoms with Gasteiger partial charge in [0.15, 0.2) is 0 Å². The minimum Gasteiger partial charge on any atom is -0.372 e. The number of carbonyl (C=O) groups excluding carboxylic acids is 1. The van der Waals surface area contributed by atoms with Crippen molar-refractivity contribution in [3.8, 4) is 0 Å². The quantitative estimate of drug-likeness (QED) is 0.667. The van der Waals surface area contributed by atoms with Gasteiger partial charge in [0.05, 0.1) is 10.5 Å². The molecule has 0 spiro atoms. The van der Waals surface area contributed by atoms with E-state index in [4.69, 9.17) is 0 Å². The van der Waals surface area contributed by atoms with Crippen molar-refractivity contribution < 1.29 is 22.9 Å². The van der Waals surface area contributed by atoms with Gasteiger partial charge >= 0.3 is 6.18 Å². The summed E-state index contributed by atoms with van der Waals surface area (Å²) in [6, 6.07) is 7.99. The van der Waals surface area contributed by atoms with Crippen LogP contribution in [-0.4, -0.2) is 24.9 Å². The fraction of sp³-hybridized carbons (Fsp3) is 0.188. The third kappa shape index (κ3) is 4.25. The van der Waals surface area contributed by atoms with Crippen LogP contribution in [0, 0.1) is 10.1 Å². The molecule has 2 aromatic rings. The molecule has 25 heavy (non-hydrogen) atoms. The molecule has 132 valence electrons. The molecular formula is C16H14F3N3O3. The van der Waals surface area contributed by atoms with Crippen LogP contribution in [0.25, 0.3) is 0 Å². The average molecular weight is 353 g/mol. The largest absolute Gasteiger partial charge is 0.416 e. The van der Waals surface area contributed by atoms with E-state index in [1.165, 1.54) is 23.1 Å². The third-order valence-electron chi connectivity index (χ3n) is 3.36. The maximum atomic E-state index is 12.7. The predicted octanol–water partition coefficient (Wildman–Crippen LogP) is 3.93. The maximum Gasteiger partial charge on any atom is 0.416 e. The van der Waals surface area contributed by atoms with E-state index in [1.807, 2.05) is 0 Å². The monoisotopic (exact) mass is 353 g/mol. The molecule has 0 aromatic heterocycles. The van der Waals surface area contributed by atoms with Crippen molar-refractivity contribution in [3.63, 3.8) is 0 Å². The van der Waals surface area contributed by atoms with Gasteiger partial charge in [-0.05, 0) is 30.3 Å². The van der Waals surface area contributed by atoms with Crippen molar-refractivity contribution in [2.45, 2.75) is 6.18 Å². The molecule has 0 bridgehead atoms. The minimum atomic E-state index is -4.53. The number of halogens is 3. The zero-order valence-corrected chi connectivity index (χ0v) is 13.3. The molecule has 2 rings (SSSR count). The third-order valence-corrected chi connectivity index (χ3v) is 3.36. The summed E-state index contributed by atoms with van der Waals surface area (Å²) >= 11 is 0. The number of hydrogen-bond acceptors (Lipinski definition) is 4. The highest BCUT2D eigenvalue weighted by Crippen LogP contribution is 2.31. The predicted molar refractivity (Wildman–Crippen MR) is 86.8 cm³/mol. The van der Waals surface area contributed by atoms with E-state index < -0.39 is 22.6 Å². The van der Waals surface area contributed by atoms with Crippen LogP contribution in [0.1, 0.15) is 15.9 Å². The highest BCUT2D eigenvalue weighted by molar-refractivity contribution is 6.05. The molecule has 0 atom stereocenters. The number of alkyl halides is 3. The lowest BCUT2D eigenvalue weighted by Crippen LogP contribution is -2.15. The molecule has 6 nitrogen and oxygen atoms in total. The number of nitrogens with zero attached hydrogens (tertiary/aromatic N) is 2. The summed E-state index contributed by atoms with van der Waals surface area (Å²) < 4.78 is 38.1. The fourth-order valence-electron chi connectivity index (χ4n) is 2.17. The maximum absolute atomic E-state index is 12.7. The lowest BCUT2D eigenvalue weighted by atomic mass is 10.1. The van der Waals surface area contributed by atoms with Gasteiger partial charge in [0, 0.05) is 31.4 Å². The van der Waals surface area contributed by atoms with E-state index in [0.717, 1.165) is 24.3 Å². The van der Waals surface area contributed by atoms with Crippen LogP contribution in [0.2, 0.25) is 0 Å². The topological polar surface area (TPSA) is 75.5 Å². The minimum absolute atomic E-state index is 0.0327. The first-order valence-electron chi connectivity index (χ1n) is 7.04. The summed E-state index contributed by atoms with van der Waals surface area (Å²) in [7, 11) is 3.23. The van der Waals surface area contributed by atoms with Crippen molar-refractivity contribution in [3.05, 3.63) is 63.7 Å². The summed E-state index contributed by atoms with van der Waals surface area (Å²) in [5.41, 5.74) is -0.963. The van der Waals surface area contributed by atoms with Gasteiger partial charge in [-0.3, -0.25) is 14.9 Å². The van der Waals surface area contributed by atoms with Crippen LogP contribution in [0.5, 0.6) is 0 Å². The number of rotatable bonds is 4. The SMILES string of the molecule is CN(C)c1ccc(C(=O)Nc2cccc(C(F)(F)F)c2)cc1[N+](=O)[O-]. The Kier molecular flexibility index (Phi) is 4.96. The molecule has 0 radical (unpaired) electrons. The second kappa shape index (κ2) is 6.80. The number of hydrogen-bond donors (Lipinski definition) is 1. The van der Waals surface area contributed by atoms with Gasteiger partial charge in [-0.2, -0.15) is 13.2 Å². The van der Waals surface area contributed by atoms with Crippen molar-refractivity contribution in [2.75, 3.05) is 24.3 Å². The summed E-state index contributed by atoms with van der Waals surface area (Å²) in [6.45, 7) is 0. The molecule has 0 aliphatic heterocycles. The van der Waals surface area contributed by atoms with E-state index in [2.05, 4.69) is 5.32 Å². The Labute approximate surface area is 141 Å². The molecule has 0 aliphatic rings. The molecule has 9 heteroatoms. The molecule has 0 aliphatic carbocycles. The Bertz CT molecular complexity index is 820. The second-order valence-corrected chi connectivity index (χ2v) is 5.39. The van der Waals surface area contributed by atoms with Crippen LogP contribution in [0.4, 0.5) is 30.2 Å². The van der Waals surface area contributed by atoms with Gasteiger partial charge in [0.1, 0.15) is 5.69 Å². The Balaban J connectivity index is 2.30. The van der Waals surface area contributed by atoms with Gasteiger partial charge < -0.3 is 10.2 Å². The molecule has 0 fully saturated rings. The number of nitrogens with one attached hydrogen (secondary N) is 1. The van der Waals surface area contributed by atoms with Crippen molar-refractivity contribution >= 4 is 23.0 Å². The van der Waals surface area contributed by atoms with Gasteiger partial charge in [-0.1, -0.05) is 6.07 Å². The zero-order chi connectivity index (χ0) is 18.8. The lowest BCUT2D eigenvalue weighted by molar-refractivity contribution is -0.384. The van der Waals surface area contributed by atoms with Crippen molar-refractivity contribution in [2.24, 2.45) is 0 Å². The highest BCUT2D eigenvalue weighted by Gasteiger charge is 2.30. The van der Waals surface area contributed by atoms with Gasteiger partial charge in [0.2, 0.25) is 0 Å². The van der Waals surface area contributed by atoms with E-state index in [0.29, 0.717) is 5.69 Å². The summed E-state index contributed by atoms with van der Waals surface area (Å²) in [4.78, 5) is 24.2. The average Bonchev–Trinajstić information content (AvgIpc) is 2.53. The van der Waals surface area contributed by atoms with Gasteiger partial charge in [-0.25, -0.2) is 0 Å². The number of nitro benzene ring substituents is 1. The highest BCUT2D eigenvalue weighted by atomic mass is 19.4. The fourth-order valence-corrected chi connectivity index (χ4v) is 2.17. The van der Waals surface area contributed by atoms with E-state index in [-0.39, 0.29) is 16.9 Å². The number of nitro groups is 1. The summed E-state index contributed by atoms with van der Waals surface area (Å²) in [5.74, 6) is -0.743. The first kappa shape index (κ1) is 18.2. The summed E-state index contributed by atoms with van der Waals surface area (Å²) in [6.07, 6.45) is -4.53. The molecule has 0 saturated carbocycles. The summed E-state index contributed by atoms with van der Waals surface area (Å²) in [5, 5.41) is 13.4. The normalized spacial score (nSPS) is 11.1. The van der Waals surface area contributed by atoms with Gasteiger partial charge in [-0.15, -0.1) is 0 Å². The van der Waals surface area contributed by atoms with Gasteiger partial charge in [0.25, 0.3) is 11.6 Å². The van der Waals surface area contributed by atoms with Crippen LogP contribution >= 0.6 is 0 Å². The lowest BCUT2D eigenvalue weighted by Gasteiger charge is -2.14. The van der Waals surface area contributed by atoms with Crippen molar-refractivity contribution in [1.82, 2.24) is 0 Å².